The highest BCUT2D eigenvalue weighted by Gasteiger charge is 2.18. The SMILES string of the molecule is C/C=C(\C)CCCCN1CCC(CCCCCC(C)(C)C)CC1. The zero-order valence-corrected chi connectivity index (χ0v) is 16.8. The molecule has 0 spiro atoms. The lowest BCUT2D eigenvalue weighted by Crippen LogP contribution is -2.34. The van der Waals surface area contributed by atoms with Crippen molar-refractivity contribution in [2.24, 2.45) is 11.3 Å². The Balaban J connectivity index is 1.98. The quantitative estimate of drug-likeness (QED) is 0.315. The average molecular weight is 322 g/mol. The Kier molecular flexibility index (Phi) is 10.2. The number of rotatable bonds is 10. The van der Waals surface area contributed by atoms with Crippen LogP contribution >= 0.6 is 0 Å². The van der Waals surface area contributed by atoms with E-state index in [0.717, 1.165) is 5.92 Å². The molecule has 1 fully saturated rings. The summed E-state index contributed by atoms with van der Waals surface area (Å²) in [5.74, 6) is 1.02. The highest BCUT2D eigenvalue weighted by molar-refractivity contribution is 4.94. The predicted octanol–water partition coefficient (Wildman–Crippen LogP) is 6.83. The summed E-state index contributed by atoms with van der Waals surface area (Å²) >= 11 is 0. The Morgan fingerprint density at radius 3 is 2.30 bits per heavy atom. The molecule has 0 amide bonds. The van der Waals surface area contributed by atoms with E-state index in [-0.39, 0.29) is 0 Å². The van der Waals surface area contributed by atoms with Crippen LogP contribution in [-0.4, -0.2) is 24.5 Å². The molecule has 0 bridgehead atoms. The summed E-state index contributed by atoms with van der Waals surface area (Å²) in [7, 11) is 0. The molecule has 1 saturated heterocycles. The Morgan fingerprint density at radius 1 is 1.00 bits per heavy atom. The third kappa shape index (κ3) is 11.0. The normalized spacial score (nSPS) is 18.6. The van der Waals surface area contributed by atoms with Crippen molar-refractivity contribution in [3.05, 3.63) is 11.6 Å². The van der Waals surface area contributed by atoms with Gasteiger partial charge in [0.05, 0.1) is 0 Å². The standard InChI is InChI=1S/C22H43N/c1-6-20(2)12-9-11-17-23-18-14-21(15-19-23)13-8-7-10-16-22(3,4)5/h6,21H,7-19H2,1-5H3/b20-6+. The Hall–Kier alpha value is -0.300. The van der Waals surface area contributed by atoms with Gasteiger partial charge in [0.25, 0.3) is 0 Å². The lowest BCUT2D eigenvalue weighted by Gasteiger charge is -2.32. The van der Waals surface area contributed by atoms with Gasteiger partial charge in [0.1, 0.15) is 0 Å². The molecular weight excluding hydrogens is 278 g/mol. The second-order valence-electron chi connectivity index (χ2n) is 9.04. The molecule has 0 radical (unpaired) electrons. The Labute approximate surface area is 146 Å². The molecule has 1 heteroatoms. The van der Waals surface area contributed by atoms with Crippen molar-refractivity contribution in [3.63, 3.8) is 0 Å². The fourth-order valence-corrected chi connectivity index (χ4v) is 3.65. The lowest BCUT2D eigenvalue weighted by atomic mass is 9.87. The molecule has 23 heavy (non-hydrogen) atoms. The second kappa shape index (κ2) is 11.3. The van der Waals surface area contributed by atoms with Crippen LogP contribution in [0.1, 0.15) is 98.8 Å². The molecule has 0 aromatic carbocycles. The summed E-state index contributed by atoms with van der Waals surface area (Å²) in [5.41, 5.74) is 2.08. The highest BCUT2D eigenvalue weighted by atomic mass is 15.1. The molecule has 1 heterocycles. The van der Waals surface area contributed by atoms with Crippen molar-refractivity contribution in [1.82, 2.24) is 4.90 Å². The van der Waals surface area contributed by atoms with Crippen LogP contribution in [0.15, 0.2) is 11.6 Å². The van der Waals surface area contributed by atoms with E-state index in [4.69, 9.17) is 0 Å². The predicted molar refractivity (Wildman–Crippen MR) is 105 cm³/mol. The first kappa shape index (κ1) is 20.7. The second-order valence-corrected chi connectivity index (χ2v) is 9.04. The van der Waals surface area contributed by atoms with Crippen molar-refractivity contribution in [3.8, 4) is 0 Å². The largest absolute Gasteiger partial charge is 0.303 e. The van der Waals surface area contributed by atoms with Gasteiger partial charge < -0.3 is 4.90 Å². The van der Waals surface area contributed by atoms with Gasteiger partial charge in [-0.25, -0.2) is 0 Å². The molecule has 0 aromatic rings. The zero-order valence-electron chi connectivity index (χ0n) is 16.8. The summed E-state index contributed by atoms with van der Waals surface area (Å²) in [6.07, 6.45) is 16.4. The van der Waals surface area contributed by atoms with Crippen molar-refractivity contribution in [2.75, 3.05) is 19.6 Å². The number of hydrogen-bond donors (Lipinski definition) is 0. The molecule has 0 atom stereocenters. The highest BCUT2D eigenvalue weighted by Crippen LogP contribution is 2.26. The van der Waals surface area contributed by atoms with Crippen LogP contribution in [0.25, 0.3) is 0 Å². The first-order valence-corrected chi connectivity index (χ1v) is 10.2. The molecule has 1 nitrogen and oxygen atoms in total. The molecule has 0 N–H and O–H groups in total. The average Bonchev–Trinajstić information content (AvgIpc) is 2.51. The third-order valence-electron chi connectivity index (χ3n) is 5.53. The summed E-state index contributed by atoms with van der Waals surface area (Å²) in [6.45, 7) is 15.5. The summed E-state index contributed by atoms with van der Waals surface area (Å²) in [5, 5.41) is 0. The smallest absolute Gasteiger partial charge is 0.00161 e. The number of nitrogens with zero attached hydrogens (tertiary/aromatic N) is 1. The Morgan fingerprint density at radius 2 is 1.70 bits per heavy atom. The molecule has 0 unspecified atom stereocenters. The number of unbranched alkanes of at least 4 members (excludes halogenated alkanes) is 3. The van der Waals surface area contributed by atoms with E-state index in [9.17, 15) is 0 Å². The van der Waals surface area contributed by atoms with Gasteiger partial charge in [-0.05, 0) is 83.3 Å². The molecule has 0 saturated carbocycles. The van der Waals surface area contributed by atoms with E-state index in [1.165, 1.54) is 83.8 Å². The van der Waals surface area contributed by atoms with Gasteiger partial charge in [-0.1, -0.05) is 58.1 Å². The van der Waals surface area contributed by atoms with Gasteiger partial charge in [-0.15, -0.1) is 0 Å². The number of likely N-dealkylation sites (tertiary alicyclic amines) is 1. The van der Waals surface area contributed by atoms with Crippen LogP contribution in [0.2, 0.25) is 0 Å². The minimum atomic E-state index is 0.525. The summed E-state index contributed by atoms with van der Waals surface area (Å²) < 4.78 is 0. The summed E-state index contributed by atoms with van der Waals surface area (Å²) in [6, 6.07) is 0. The molecular formula is C22H43N. The van der Waals surface area contributed by atoms with Crippen LogP contribution in [0.3, 0.4) is 0 Å². The maximum absolute atomic E-state index is 2.71. The molecule has 0 aromatic heterocycles. The van der Waals surface area contributed by atoms with Gasteiger partial charge >= 0.3 is 0 Å². The first-order valence-electron chi connectivity index (χ1n) is 10.2. The molecule has 1 rings (SSSR count). The van der Waals surface area contributed by atoms with Gasteiger partial charge in [-0.2, -0.15) is 0 Å². The number of hydrogen-bond acceptors (Lipinski definition) is 1. The van der Waals surface area contributed by atoms with Crippen LogP contribution in [-0.2, 0) is 0 Å². The van der Waals surface area contributed by atoms with Crippen LogP contribution < -0.4 is 0 Å². The van der Waals surface area contributed by atoms with Crippen molar-refractivity contribution in [1.29, 1.82) is 0 Å². The monoisotopic (exact) mass is 321 g/mol. The third-order valence-corrected chi connectivity index (χ3v) is 5.53. The molecule has 1 aliphatic heterocycles. The molecule has 136 valence electrons. The number of piperidine rings is 1. The Bertz CT molecular complexity index is 315. The van der Waals surface area contributed by atoms with E-state index < -0.39 is 0 Å². The van der Waals surface area contributed by atoms with Crippen molar-refractivity contribution < 1.29 is 0 Å². The maximum atomic E-state index is 2.71. The fraction of sp³-hybridized carbons (Fsp3) is 0.909. The van der Waals surface area contributed by atoms with Gasteiger partial charge in [0, 0.05) is 0 Å². The number of allylic oxidation sites excluding steroid dienone is 2. The topological polar surface area (TPSA) is 3.24 Å². The van der Waals surface area contributed by atoms with E-state index >= 15 is 0 Å². The van der Waals surface area contributed by atoms with Crippen LogP contribution in [0.5, 0.6) is 0 Å². The van der Waals surface area contributed by atoms with E-state index in [2.05, 4.69) is 45.6 Å². The summed E-state index contributed by atoms with van der Waals surface area (Å²) in [4.78, 5) is 2.71. The zero-order chi connectivity index (χ0) is 17.1. The molecule has 1 aliphatic rings. The maximum Gasteiger partial charge on any atom is -0.00161 e. The van der Waals surface area contributed by atoms with Crippen LogP contribution in [0.4, 0.5) is 0 Å². The van der Waals surface area contributed by atoms with Gasteiger partial charge in [-0.3, -0.25) is 0 Å². The van der Waals surface area contributed by atoms with E-state index in [1.807, 2.05) is 0 Å². The van der Waals surface area contributed by atoms with Gasteiger partial charge in [0.15, 0.2) is 0 Å². The van der Waals surface area contributed by atoms with Crippen LogP contribution in [0, 0.1) is 11.3 Å². The lowest BCUT2D eigenvalue weighted by molar-refractivity contribution is 0.174. The first-order chi connectivity index (χ1) is 10.9. The van der Waals surface area contributed by atoms with Crippen molar-refractivity contribution >= 4 is 0 Å². The van der Waals surface area contributed by atoms with Crippen molar-refractivity contribution in [2.45, 2.75) is 98.8 Å². The van der Waals surface area contributed by atoms with E-state index in [1.54, 1.807) is 5.57 Å². The fourth-order valence-electron chi connectivity index (χ4n) is 3.65. The minimum absolute atomic E-state index is 0.525. The molecule has 0 aliphatic carbocycles. The van der Waals surface area contributed by atoms with Gasteiger partial charge in [0.2, 0.25) is 0 Å². The minimum Gasteiger partial charge on any atom is -0.303 e. The van der Waals surface area contributed by atoms with E-state index in [0.29, 0.717) is 5.41 Å².